The Bertz CT molecular complexity index is 682. The molecule has 6 N–H and O–H groups in total. The summed E-state index contributed by atoms with van der Waals surface area (Å²) in [7, 11) is 4.02. The zero-order valence-electron chi connectivity index (χ0n) is 18.8. The summed E-state index contributed by atoms with van der Waals surface area (Å²) in [6, 6.07) is 4.35. The largest absolute Gasteiger partial charge is 0.314 e. The summed E-state index contributed by atoms with van der Waals surface area (Å²) < 4.78 is 3.94. The van der Waals surface area contributed by atoms with Gasteiger partial charge in [-0.15, -0.1) is 12.4 Å². The van der Waals surface area contributed by atoms with E-state index in [4.69, 9.17) is 0 Å². The van der Waals surface area contributed by atoms with Crippen LogP contribution in [0.5, 0.6) is 0 Å². The van der Waals surface area contributed by atoms with Crippen LogP contribution < -0.4 is 31.9 Å². The lowest BCUT2D eigenvalue weighted by Crippen LogP contribution is -2.32. The van der Waals surface area contributed by atoms with Crippen LogP contribution in [0.15, 0.2) is 12.1 Å². The fraction of sp³-hybridized carbons (Fsp3) is 0.700. The van der Waals surface area contributed by atoms with Crippen molar-refractivity contribution in [1.29, 1.82) is 0 Å². The molecule has 176 valence electrons. The molecule has 0 spiro atoms. The maximum Gasteiger partial charge on any atom is 0.0765 e. The van der Waals surface area contributed by atoms with Crippen molar-refractivity contribution in [3.8, 4) is 0 Å². The Morgan fingerprint density at radius 1 is 0.548 bits per heavy atom. The average molecular weight is 455 g/mol. The molecule has 31 heavy (non-hydrogen) atoms. The smallest absolute Gasteiger partial charge is 0.0765 e. The molecule has 2 aromatic rings. The highest BCUT2D eigenvalue weighted by molar-refractivity contribution is 5.85. The highest BCUT2D eigenvalue weighted by Crippen LogP contribution is 2.03. The minimum Gasteiger partial charge on any atom is -0.314 e. The predicted octanol–water partition coefficient (Wildman–Crippen LogP) is -1.17. The molecule has 2 aromatic heterocycles. The van der Waals surface area contributed by atoms with E-state index in [1.54, 1.807) is 0 Å². The van der Waals surface area contributed by atoms with E-state index in [0.717, 1.165) is 89.9 Å². The SMILES string of the molecule is Cl.Cn1nc2cc1CNCCNCCNCc1cc(n(C)n1)CNCCNCCNC2. The fourth-order valence-electron chi connectivity index (χ4n) is 3.47. The van der Waals surface area contributed by atoms with Gasteiger partial charge in [0, 0.05) is 92.6 Å². The van der Waals surface area contributed by atoms with E-state index >= 15 is 0 Å². The summed E-state index contributed by atoms with van der Waals surface area (Å²) >= 11 is 0. The first-order valence-corrected chi connectivity index (χ1v) is 11.0. The normalized spacial score (nSPS) is 18.6. The molecule has 0 unspecified atom stereocenters. The number of hydrogen-bond acceptors (Lipinski definition) is 8. The number of nitrogens with zero attached hydrogens (tertiary/aromatic N) is 4. The summed E-state index contributed by atoms with van der Waals surface area (Å²) in [5.41, 5.74) is 4.60. The Morgan fingerprint density at radius 2 is 0.871 bits per heavy atom. The van der Waals surface area contributed by atoms with Crippen molar-refractivity contribution < 1.29 is 0 Å². The first-order valence-electron chi connectivity index (χ1n) is 11.0. The molecule has 3 heterocycles. The van der Waals surface area contributed by atoms with Crippen molar-refractivity contribution in [3.63, 3.8) is 0 Å². The Labute approximate surface area is 191 Å². The highest BCUT2D eigenvalue weighted by Gasteiger charge is 2.06. The van der Waals surface area contributed by atoms with E-state index in [-0.39, 0.29) is 12.4 Å². The number of hydrogen-bond donors (Lipinski definition) is 6. The van der Waals surface area contributed by atoms with Crippen molar-refractivity contribution >= 4 is 12.4 Å². The van der Waals surface area contributed by atoms with Crippen LogP contribution in [-0.4, -0.2) is 71.9 Å². The second kappa shape index (κ2) is 14.5. The monoisotopic (exact) mass is 454 g/mol. The van der Waals surface area contributed by atoms with Crippen LogP contribution in [0.4, 0.5) is 0 Å². The lowest BCUT2D eigenvalue weighted by molar-refractivity contribution is 0.557. The molecule has 0 amide bonds. The van der Waals surface area contributed by atoms with Gasteiger partial charge in [-0.2, -0.15) is 10.2 Å². The Kier molecular flexibility index (Phi) is 12.0. The second-order valence-electron chi connectivity index (χ2n) is 7.71. The van der Waals surface area contributed by atoms with Crippen LogP contribution in [0, 0.1) is 0 Å². The maximum absolute atomic E-state index is 4.60. The maximum atomic E-state index is 4.60. The predicted molar refractivity (Wildman–Crippen MR) is 126 cm³/mol. The van der Waals surface area contributed by atoms with Gasteiger partial charge in [0.05, 0.1) is 22.8 Å². The van der Waals surface area contributed by atoms with Crippen molar-refractivity contribution in [3.05, 3.63) is 34.9 Å². The van der Waals surface area contributed by atoms with E-state index in [9.17, 15) is 0 Å². The van der Waals surface area contributed by atoms with Crippen LogP contribution >= 0.6 is 12.4 Å². The summed E-state index contributed by atoms with van der Waals surface area (Å²) in [6.07, 6.45) is 0. The molecular weight excluding hydrogens is 416 g/mol. The van der Waals surface area contributed by atoms with Crippen LogP contribution in [-0.2, 0) is 40.3 Å². The quantitative estimate of drug-likeness (QED) is 0.295. The second-order valence-corrected chi connectivity index (χ2v) is 7.71. The molecule has 4 bridgehead atoms. The summed E-state index contributed by atoms with van der Waals surface area (Å²) in [6.45, 7) is 10.7. The molecule has 0 saturated heterocycles. The van der Waals surface area contributed by atoms with Gasteiger partial charge < -0.3 is 31.9 Å². The molecule has 0 fully saturated rings. The molecule has 0 aliphatic carbocycles. The Morgan fingerprint density at radius 3 is 1.26 bits per heavy atom. The van der Waals surface area contributed by atoms with Crippen LogP contribution in [0.3, 0.4) is 0 Å². The Hall–Kier alpha value is -1.53. The number of halogens is 1. The van der Waals surface area contributed by atoms with Gasteiger partial charge in [-0.25, -0.2) is 0 Å². The molecule has 1 aliphatic rings. The van der Waals surface area contributed by atoms with Crippen LogP contribution in [0.25, 0.3) is 0 Å². The van der Waals surface area contributed by atoms with Gasteiger partial charge in [0.15, 0.2) is 0 Å². The van der Waals surface area contributed by atoms with E-state index in [0.29, 0.717) is 0 Å². The molecule has 3 rings (SSSR count). The molecule has 0 saturated carbocycles. The zero-order chi connectivity index (χ0) is 21.0. The van der Waals surface area contributed by atoms with Gasteiger partial charge in [-0.05, 0) is 12.1 Å². The van der Waals surface area contributed by atoms with Crippen molar-refractivity contribution in [2.24, 2.45) is 14.1 Å². The lowest BCUT2D eigenvalue weighted by atomic mass is 10.3. The summed E-state index contributed by atoms with van der Waals surface area (Å²) in [5, 5.41) is 30.0. The van der Waals surface area contributed by atoms with Crippen molar-refractivity contribution in [2.45, 2.75) is 26.2 Å². The molecule has 0 aromatic carbocycles. The number of aromatic nitrogens is 4. The third-order valence-electron chi connectivity index (χ3n) is 5.19. The molecule has 10 nitrogen and oxygen atoms in total. The third-order valence-corrected chi connectivity index (χ3v) is 5.19. The molecular formula is C20H39ClN10. The fourth-order valence-corrected chi connectivity index (χ4v) is 3.47. The van der Waals surface area contributed by atoms with Crippen molar-refractivity contribution in [1.82, 2.24) is 51.5 Å². The zero-order valence-corrected chi connectivity index (χ0v) is 19.7. The van der Waals surface area contributed by atoms with E-state index in [1.807, 2.05) is 23.5 Å². The topological polar surface area (TPSA) is 108 Å². The van der Waals surface area contributed by atoms with Gasteiger partial charge in [0.2, 0.25) is 0 Å². The van der Waals surface area contributed by atoms with E-state index in [2.05, 4.69) is 54.2 Å². The van der Waals surface area contributed by atoms with Gasteiger partial charge >= 0.3 is 0 Å². The minimum atomic E-state index is 0. The van der Waals surface area contributed by atoms with Gasteiger partial charge in [0.25, 0.3) is 0 Å². The summed E-state index contributed by atoms with van der Waals surface area (Å²) in [5.74, 6) is 0. The van der Waals surface area contributed by atoms with Crippen molar-refractivity contribution in [2.75, 3.05) is 52.4 Å². The molecule has 11 heteroatoms. The average Bonchev–Trinajstić information content (AvgIpc) is 3.26. The van der Waals surface area contributed by atoms with Crippen LogP contribution in [0.2, 0.25) is 0 Å². The number of nitrogens with one attached hydrogen (secondary N) is 6. The number of rotatable bonds is 0. The minimum absolute atomic E-state index is 0. The highest BCUT2D eigenvalue weighted by atomic mass is 35.5. The lowest BCUT2D eigenvalue weighted by Gasteiger charge is -2.07. The first kappa shape index (κ1) is 25.7. The number of aryl methyl sites for hydroxylation is 2. The van der Waals surface area contributed by atoms with Gasteiger partial charge in [-0.3, -0.25) is 9.36 Å². The number of fused-ring (bicyclic) bond motifs is 4. The summed E-state index contributed by atoms with van der Waals surface area (Å²) in [4.78, 5) is 0. The first-order chi connectivity index (χ1) is 14.7. The van der Waals surface area contributed by atoms with Gasteiger partial charge in [-0.1, -0.05) is 0 Å². The van der Waals surface area contributed by atoms with E-state index in [1.165, 1.54) is 11.4 Å². The Balaban J connectivity index is 0.00000341. The molecule has 0 radical (unpaired) electrons. The third kappa shape index (κ3) is 9.24. The van der Waals surface area contributed by atoms with Gasteiger partial charge in [0.1, 0.15) is 0 Å². The van der Waals surface area contributed by atoms with Crippen LogP contribution in [0.1, 0.15) is 22.8 Å². The molecule has 0 atom stereocenters. The van der Waals surface area contributed by atoms with E-state index < -0.39 is 0 Å². The standard InChI is InChI=1S/C20H38N10.ClH/c1-29-19-11-17(27-29)13-23-7-3-22-6-10-26-16-20-12-18(28-30(20)2)14-24-8-4-21-5-9-25-15-19;/h11-12,21-26H,3-10,13-16H2,1-2H3;1H. The molecule has 1 aliphatic heterocycles.